The molecule has 0 aliphatic heterocycles. The Balaban J connectivity index is 1.92. The van der Waals surface area contributed by atoms with Crippen molar-refractivity contribution in [1.29, 1.82) is 0 Å². The van der Waals surface area contributed by atoms with Crippen LogP contribution in [0, 0.1) is 12.7 Å². The van der Waals surface area contributed by atoms with E-state index < -0.39 is 18.4 Å². The van der Waals surface area contributed by atoms with Crippen LogP contribution in [0.4, 0.5) is 4.39 Å². The number of hydrogen-bond donors (Lipinski definition) is 2. The summed E-state index contributed by atoms with van der Waals surface area (Å²) >= 11 is 1.18. The summed E-state index contributed by atoms with van der Waals surface area (Å²) in [6.07, 6.45) is 1.77. The number of thiazole rings is 1. The van der Waals surface area contributed by atoms with Crippen molar-refractivity contribution in [3.05, 3.63) is 46.9 Å². The van der Waals surface area contributed by atoms with Crippen molar-refractivity contribution in [2.75, 3.05) is 6.54 Å². The molecule has 118 valence electrons. The van der Waals surface area contributed by atoms with Gasteiger partial charge in [0.1, 0.15) is 17.2 Å². The number of nitrogens with one attached hydrogen (secondary N) is 1. The number of nitrogens with zero attached hydrogens (tertiary/aromatic N) is 2. The standard InChI is InChI=1S/C15H12FN3O3S/c1-8-13(14(22)17-6-12(20)21)23-15-18-11(7-19(8)15)9-2-4-10(16)5-3-9/h2-5,7H,6H2,1H3,(H,17,22)(H,20,21). The minimum absolute atomic E-state index is 0.316. The van der Waals surface area contributed by atoms with Crippen LogP contribution in [0.5, 0.6) is 0 Å². The fraction of sp³-hybridized carbons (Fsp3) is 0.133. The summed E-state index contributed by atoms with van der Waals surface area (Å²) in [5.74, 6) is -1.86. The van der Waals surface area contributed by atoms with Crippen molar-refractivity contribution < 1.29 is 19.1 Å². The molecule has 0 atom stereocenters. The average molecular weight is 333 g/mol. The van der Waals surface area contributed by atoms with E-state index in [2.05, 4.69) is 10.3 Å². The summed E-state index contributed by atoms with van der Waals surface area (Å²) in [5.41, 5.74) is 2.13. The first-order valence-corrected chi connectivity index (χ1v) is 7.52. The van der Waals surface area contributed by atoms with Crippen molar-refractivity contribution in [2.45, 2.75) is 6.92 Å². The maximum Gasteiger partial charge on any atom is 0.322 e. The van der Waals surface area contributed by atoms with Crippen molar-refractivity contribution in [3.63, 3.8) is 0 Å². The predicted molar refractivity (Wildman–Crippen MR) is 83.2 cm³/mol. The molecule has 8 heteroatoms. The topological polar surface area (TPSA) is 83.7 Å². The number of aliphatic carboxylic acids is 1. The quantitative estimate of drug-likeness (QED) is 0.767. The Morgan fingerprint density at radius 1 is 1.35 bits per heavy atom. The van der Waals surface area contributed by atoms with Gasteiger partial charge in [0, 0.05) is 17.5 Å². The van der Waals surface area contributed by atoms with Crippen LogP contribution in [0.1, 0.15) is 15.4 Å². The second kappa shape index (κ2) is 5.81. The van der Waals surface area contributed by atoms with Crippen molar-refractivity contribution >= 4 is 28.2 Å². The van der Waals surface area contributed by atoms with E-state index in [4.69, 9.17) is 5.11 Å². The van der Waals surface area contributed by atoms with Crippen LogP contribution >= 0.6 is 11.3 Å². The molecular weight excluding hydrogens is 321 g/mol. The van der Waals surface area contributed by atoms with Gasteiger partial charge in [-0.1, -0.05) is 11.3 Å². The highest BCUT2D eigenvalue weighted by Crippen LogP contribution is 2.27. The highest BCUT2D eigenvalue weighted by Gasteiger charge is 2.18. The van der Waals surface area contributed by atoms with Gasteiger partial charge in [-0.3, -0.25) is 14.0 Å². The summed E-state index contributed by atoms with van der Waals surface area (Å²) in [4.78, 5) is 28.0. The third-order valence-corrected chi connectivity index (χ3v) is 4.46. The summed E-state index contributed by atoms with van der Waals surface area (Å²) in [7, 11) is 0. The molecule has 2 heterocycles. The molecule has 0 bridgehead atoms. The number of aromatic nitrogens is 2. The van der Waals surface area contributed by atoms with Gasteiger partial charge in [0.15, 0.2) is 4.96 Å². The maximum atomic E-state index is 13.0. The lowest BCUT2D eigenvalue weighted by Gasteiger charge is -2.00. The third-order valence-electron chi connectivity index (χ3n) is 3.30. The molecule has 23 heavy (non-hydrogen) atoms. The normalized spacial score (nSPS) is 10.9. The first-order valence-electron chi connectivity index (χ1n) is 6.70. The Morgan fingerprint density at radius 3 is 2.65 bits per heavy atom. The third kappa shape index (κ3) is 2.93. The van der Waals surface area contributed by atoms with E-state index in [0.29, 0.717) is 21.2 Å². The first-order chi connectivity index (χ1) is 11.0. The van der Waals surface area contributed by atoms with Crippen molar-refractivity contribution in [2.24, 2.45) is 0 Å². The molecule has 0 spiro atoms. The van der Waals surface area contributed by atoms with Crippen molar-refractivity contribution in [3.8, 4) is 11.3 Å². The van der Waals surface area contributed by atoms with E-state index in [9.17, 15) is 14.0 Å². The number of aryl methyl sites for hydroxylation is 1. The summed E-state index contributed by atoms with van der Waals surface area (Å²) in [6.45, 7) is 1.33. The molecule has 0 aliphatic carbocycles. The number of benzene rings is 1. The number of fused-ring (bicyclic) bond motifs is 1. The van der Waals surface area contributed by atoms with Crippen LogP contribution in [0.15, 0.2) is 30.5 Å². The van der Waals surface area contributed by atoms with Crippen molar-refractivity contribution in [1.82, 2.24) is 14.7 Å². The highest BCUT2D eigenvalue weighted by atomic mass is 32.1. The molecule has 0 radical (unpaired) electrons. The molecule has 0 aliphatic rings. The van der Waals surface area contributed by atoms with Crippen LogP contribution in [-0.4, -0.2) is 32.9 Å². The van der Waals surface area contributed by atoms with Gasteiger partial charge in [-0.25, -0.2) is 9.37 Å². The van der Waals surface area contributed by atoms with E-state index in [1.165, 1.54) is 23.5 Å². The van der Waals surface area contributed by atoms with Gasteiger partial charge < -0.3 is 10.4 Å². The van der Waals surface area contributed by atoms with Crippen LogP contribution < -0.4 is 5.32 Å². The molecule has 2 aromatic heterocycles. The summed E-state index contributed by atoms with van der Waals surface area (Å²) < 4.78 is 14.7. The van der Waals surface area contributed by atoms with Gasteiger partial charge in [-0.2, -0.15) is 0 Å². The number of rotatable bonds is 4. The lowest BCUT2D eigenvalue weighted by molar-refractivity contribution is -0.135. The minimum atomic E-state index is -1.10. The molecular formula is C15H12FN3O3S. The maximum absolute atomic E-state index is 13.0. The summed E-state index contributed by atoms with van der Waals surface area (Å²) in [6, 6.07) is 6.00. The zero-order chi connectivity index (χ0) is 16.6. The molecule has 1 aromatic carbocycles. The van der Waals surface area contributed by atoms with Crippen LogP contribution in [-0.2, 0) is 4.79 Å². The van der Waals surface area contributed by atoms with Gasteiger partial charge in [0.05, 0.1) is 5.69 Å². The zero-order valence-corrected chi connectivity index (χ0v) is 12.9. The smallest absolute Gasteiger partial charge is 0.322 e. The molecule has 0 unspecified atom stereocenters. The van der Waals surface area contributed by atoms with Crippen LogP contribution in [0.2, 0.25) is 0 Å². The Kier molecular flexibility index (Phi) is 3.83. The van der Waals surface area contributed by atoms with Gasteiger partial charge in [-0.15, -0.1) is 0 Å². The Labute approximate surface area is 134 Å². The molecule has 6 nitrogen and oxygen atoms in total. The van der Waals surface area contributed by atoms with E-state index >= 15 is 0 Å². The SMILES string of the molecule is Cc1c(C(=O)NCC(=O)O)sc2nc(-c3ccc(F)cc3)cn12. The molecule has 0 fully saturated rings. The number of carbonyl (C=O) groups excluding carboxylic acids is 1. The average Bonchev–Trinajstić information content (AvgIpc) is 3.05. The molecule has 0 saturated carbocycles. The fourth-order valence-corrected chi connectivity index (χ4v) is 3.18. The second-order valence-electron chi connectivity index (χ2n) is 4.88. The highest BCUT2D eigenvalue weighted by molar-refractivity contribution is 7.19. The number of carboxylic acids is 1. The number of hydrogen-bond acceptors (Lipinski definition) is 4. The van der Waals surface area contributed by atoms with Crippen LogP contribution in [0.25, 0.3) is 16.2 Å². The lowest BCUT2D eigenvalue weighted by atomic mass is 10.2. The lowest BCUT2D eigenvalue weighted by Crippen LogP contribution is -2.29. The van der Waals surface area contributed by atoms with E-state index in [-0.39, 0.29) is 5.82 Å². The number of carboxylic acid groups (broad SMARTS) is 1. The first kappa shape index (κ1) is 15.2. The van der Waals surface area contributed by atoms with Gasteiger partial charge in [0.2, 0.25) is 0 Å². The fourth-order valence-electron chi connectivity index (χ4n) is 2.16. The molecule has 3 rings (SSSR count). The van der Waals surface area contributed by atoms with Gasteiger partial charge in [-0.05, 0) is 31.2 Å². The molecule has 2 N–H and O–H groups in total. The Morgan fingerprint density at radius 2 is 2.04 bits per heavy atom. The summed E-state index contributed by atoms with van der Waals surface area (Å²) in [5, 5.41) is 10.9. The molecule has 1 amide bonds. The van der Waals surface area contributed by atoms with E-state index in [1.54, 1.807) is 29.7 Å². The van der Waals surface area contributed by atoms with E-state index in [0.717, 1.165) is 5.56 Å². The zero-order valence-electron chi connectivity index (χ0n) is 12.0. The molecule has 0 saturated heterocycles. The Hall–Kier alpha value is -2.74. The monoisotopic (exact) mass is 333 g/mol. The minimum Gasteiger partial charge on any atom is -0.480 e. The van der Waals surface area contributed by atoms with Gasteiger partial charge in [0.25, 0.3) is 5.91 Å². The second-order valence-corrected chi connectivity index (χ2v) is 5.86. The largest absolute Gasteiger partial charge is 0.480 e. The van der Waals surface area contributed by atoms with Gasteiger partial charge >= 0.3 is 5.97 Å². The van der Waals surface area contributed by atoms with E-state index in [1.807, 2.05) is 0 Å². The predicted octanol–water partition coefficient (Wildman–Crippen LogP) is 2.32. The number of imidazole rings is 1. The Bertz CT molecular complexity index is 899. The molecule has 3 aromatic rings. The number of carbonyl (C=O) groups is 2. The number of amides is 1. The number of halogens is 1. The van der Waals surface area contributed by atoms with Crippen LogP contribution in [0.3, 0.4) is 0 Å².